The predicted octanol–water partition coefficient (Wildman–Crippen LogP) is 2.13. The second-order valence-electron chi connectivity index (χ2n) is 6.39. The Labute approximate surface area is 130 Å². The molecule has 118 valence electrons. The summed E-state index contributed by atoms with van der Waals surface area (Å²) in [5, 5.41) is 7.45. The number of hydrogen-bond donors (Lipinski definition) is 1. The number of morpholine rings is 1. The molecular weight excluding hydrogens is 278 g/mol. The van der Waals surface area contributed by atoms with Crippen LogP contribution in [0.2, 0.25) is 0 Å². The highest BCUT2D eigenvalue weighted by molar-refractivity contribution is 5.27. The summed E-state index contributed by atoms with van der Waals surface area (Å²) in [4.78, 5) is 7.07. The molecule has 6 heteroatoms. The molecule has 0 aromatic carbocycles. The monoisotopic (exact) mass is 301 g/mol. The summed E-state index contributed by atoms with van der Waals surface area (Å²) in [5.41, 5.74) is 3.50. The molecule has 2 fully saturated rings. The lowest BCUT2D eigenvalue weighted by molar-refractivity contribution is -0.0147. The molecule has 1 aliphatic carbocycles. The number of rotatable bonds is 4. The third kappa shape index (κ3) is 2.46. The van der Waals surface area contributed by atoms with E-state index in [2.05, 4.69) is 44.7 Å². The zero-order chi connectivity index (χ0) is 15.1. The quantitative estimate of drug-likeness (QED) is 0.940. The standard InChI is InChI=1S/C16H23N5O/c1-11-16(12(2)19-18-11)14-10-22-8-7-20(14)9-15-17-5-6-21(15)13-3-4-13/h5-6,13-14H,3-4,7-10H2,1-2H3,(H,18,19). The Morgan fingerprint density at radius 3 is 2.95 bits per heavy atom. The minimum absolute atomic E-state index is 0.261. The Morgan fingerprint density at radius 2 is 2.23 bits per heavy atom. The van der Waals surface area contributed by atoms with Gasteiger partial charge in [-0.3, -0.25) is 10.00 Å². The maximum absolute atomic E-state index is 5.74. The van der Waals surface area contributed by atoms with Gasteiger partial charge in [0.1, 0.15) is 5.82 Å². The third-order valence-corrected chi connectivity index (χ3v) is 4.79. The molecule has 0 radical (unpaired) electrons. The molecule has 1 saturated carbocycles. The van der Waals surface area contributed by atoms with Gasteiger partial charge in [0.05, 0.1) is 31.5 Å². The summed E-state index contributed by atoms with van der Waals surface area (Å²) in [6, 6.07) is 0.936. The highest BCUT2D eigenvalue weighted by atomic mass is 16.5. The van der Waals surface area contributed by atoms with Crippen LogP contribution in [0.1, 0.15) is 47.7 Å². The molecule has 1 aliphatic heterocycles. The van der Waals surface area contributed by atoms with Crippen LogP contribution in [-0.4, -0.2) is 44.4 Å². The SMILES string of the molecule is Cc1n[nH]c(C)c1C1COCCN1Cc1nccn1C1CC1. The summed E-state index contributed by atoms with van der Waals surface area (Å²) in [6.07, 6.45) is 6.62. The second-order valence-corrected chi connectivity index (χ2v) is 6.39. The number of aromatic nitrogens is 4. The average Bonchev–Trinajstić information content (AvgIpc) is 3.18. The molecule has 2 aliphatic rings. The van der Waals surface area contributed by atoms with Crippen molar-refractivity contribution in [2.75, 3.05) is 19.8 Å². The molecular formula is C16H23N5O. The van der Waals surface area contributed by atoms with Crippen LogP contribution in [0.3, 0.4) is 0 Å². The molecule has 1 unspecified atom stereocenters. The van der Waals surface area contributed by atoms with Crippen LogP contribution in [0.5, 0.6) is 0 Å². The molecule has 2 aromatic rings. The van der Waals surface area contributed by atoms with E-state index < -0.39 is 0 Å². The first kappa shape index (κ1) is 14.0. The Kier molecular flexibility index (Phi) is 3.50. The van der Waals surface area contributed by atoms with Gasteiger partial charge in [-0.05, 0) is 26.7 Å². The summed E-state index contributed by atoms with van der Waals surface area (Å²) < 4.78 is 8.09. The minimum atomic E-state index is 0.261. The first-order valence-corrected chi connectivity index (χ1v) is 8.09. The number of H-pyrrole nitrogens is 1. The largest absolute Gasteiger partial charge is 0.378 e. The van der Waals surface area contributed by atoms with Crippen molar-refractivity contribution in [2.45, 2.75) is 45.3 Å². The summed E-state index contributed by atoms with van der Waals surface area (Å²) in [6.45, 7) is 7.49. The van der Waals surface area contributed by atoms with E-state index in [1.54, 1.807) is 0 Å². The van der Waals surface area contributed by atoms with Crippen LogP contribution in [-0.2, 0) is 11.3 Å². The maximum Gasteiger partial charge on any atom is 0.123 e. The van der Waals surface area contributed by atoms with E-state index >= 15 is 0 Å². The van der Waals surface area contributed by atoms with Crippen molar-refractivity contribution < 1.29 is 4.74 Å². The molecule has 3 heterocycles. The number of ether oxygens (including phenoxy) is 1. The van der Waals surface area contributed by atoms with Crippen molar-refractivity contribution in [3.8, 4) is 0 Å². The highest BCUT2D eigenvalue weighted by Crippen LogP contribution is 2.36. The molecule has 6 nitrogen and oxygen atoms in total. The van der Waals surface area contributed by atoms with Gasteiger partial charge in [-0.25, -0.2) is 4.98 Å². The fourth-order valence-electron chi connectivity index (χ4n) is 3.48. The zero-order valence-electron chi connectivity index (χ0n) is 13.2. The number of aromatic amines is 1. The lowest BCUT2D eigenvalue weighted by Gasteiger charge is -2.35. The number of aryl methyl sites for hydroxylation is 2. The fourth-order valence-corrected chi connectivity index (χ4v) is 3.48. The average molecular weight is 301 g/mol. The number of imidazole rings is 1. The van der Waals surface area contributed by atoms with E-state index in [0.717, 1.165) is 37.7 Å². The van der Waals surface area contributed by atoms with Gasteiger partial charge in [0.15, 0.2) is 0 Å². The molecule has 1 N–H and O–H groups in total. The Bertz CT molecular complexity index is 638. The molecule has 2 aromatic heterocycles. The van der Waals surface area contributed by atoms with Crippen molar-refractivity contribution in [1.82, 2.24) is 24.6 Å². The van der Waals surface area contributed by atoms with Gasteiger partial charge in [-0.1, -0.05) is 0 Å². The Morgan fingerprint density at radius 1 is 1.36 bits per heavy atom. The number of nitrogens with one attached hydrogen (secondary N) is 1. The first-order chi connectivity index (χ1) is 10.7. The van der Waals surface area contributed by atoms with Gasteiger partial charge in [-0.2, -0.15) is 5.10 Å². The van der Waals surface area contributed by atoms with Crippen LogP contribution in [0, 0.1) is 13.8 Å². The van der Waals surface area contributed by atoms with Crippen LogP contribution >= 0.6 is 0 Å². The van der Waals surface area contributed by atoms with Crippen molar-refractivity contribution in [3.05, 3.63) is 35.2 Å². The number of nitrogens with zero attached hydrogens (tertiary/aromatic N) is 4. The fraction of sp³-hybridized carbons (Fsp3) is 0.625. The summed E-state index contributed by atoms with van der Waals surface area (Å²) >= 11 is 0. The van der Waals surface area contributed by atoms with E-state index in [-0.39, 0.29) is 6.04 Å². The highest BCUT2D eigenvalue weighted by Gasteiger charge is 2.31. The normalized spacial score (nSPS) is 23.1. The minimum Gasteiger partial charge on any atom is -0.378 e. The van der Waals surface area contributed by atoms with Crippen LogP contribution in [0.15, 0.2) is 12.4 Å². The number of hydrogen-bond acceptors (Lipinski definition) is 4. The molecule has 22 heavy (non-hydrogen) atoms. The van der Waals surface area contributed by atoms with Crippen LogP contribution in [0.25, 0.3) is 0 Å². The maximum atomic E-state index is 5.74. The summed E-state index contributed by atoms with van der Waals surface area (Å²) in [7, 11) is 0. The van der Waals surface area contributed by atoms with Crippen molar-refractivity contribution >= 4 is 0 Å². The lowest BCUT2D eigenvalue weighted by Crippen LogP contribution is -2.40. The van der Waals surface area contributed by atoms with Gasteiger partial charge in [-0.15, -0.1) is 0 Å². The van der Waals surface area contributed by atoms with E-state index in [0.29, 0.717) is 6.04 Å². The Hall–Kier alpha value is -1.66. The molecule has 4 rings (SSSR count). The summed E-state index contributed by atoms with van der Waals surface area (Å²) in [5.74, 6) is 1.17. The smallest absolute Gasteiger partial charge is 0.123 e. The van der Waals surface area contributed by atoms with Gasteiger partial charge < -0.3 is 9.30 Å². The third-order valence-electron chi connectivity index (χ3n) is 4.79. The molecule has 0 bridgehead atoms. The second kappa shape index (κ2) is 5.52. The van der Waals surface area contributed by atoms with Gasteiger partial charge in [0, 0.05) is 36.2 Å². The van der Waals surface area contributed by atoms with Crippen molar-refractivity contribution in [1.29, 1.82) is 0 Å². The van der Waals surface area contributed by atoms with E-state index in [4.69, 9.17) is 4.74 Å². The van der Waals surface area contributed by atoms with E-state index in [1.165, 1.54) is 24.2 Å². The molecule has 1 saturated heterocycles. The van der Waals surface area contributed by atoms with Crippen molar-refractivity contribution in [3.63, 3.8) is 0 Å². The predicted molar refractivity (Wildman–Crippen MR) is 82.5 cm³/mol. The van der Waals surface area contributed by atoms with Gasteiger partial charge in [0.25, 0.3) is 0 Å². The molecule has 0 spiro atoms. The van der Waals surface area contributed by atoms with E-state index in [9.17, 15) is 0 Å². The van der Waals surface area contributed by atoms with Crippen LogP contribution in [0.4, 0.5) is 0 Å². The molecule has 0 amide bonds. The van der Waals surface area contributed by atoms with E-state index in [1.807, 2.05) is 6.20 Å². The Balaban J connectivity index is 1.59. The van der Waals surface area contributed by atoms with Crippen LogP contribution < -0.4 is 0 Å². The van der Waals surface area contributed by atoms with Crippen molar-refractivity contribution in [2.24, 2.45) is 0 Å². The topological polar surface area (TPSA) is 59.0 Å². The first-order valence-electron chi connectivity index (χ1n) is 8.09. The van der Waals surface area contributed by atoms with Gasteiger partial charge >= 0.3 is 0 Å². The van der Waals surface area contributed by atoms with Gasteiger partial charge in [0.2, 0.25) is 0 Å². The molecule has 1 atom stereocenters. The zero-order valence-corrected chi connectivity index (χ0v) is 13.2. The lowest BCUT2D eigenvalue weighted by atomic mass is 10.0.